The van der Waals surface area contributed by atoms with Crippen molar-refractivity contribution < 1.29 is 19.4 Å². The summed E-state index contributed by atoms with van der Waals surface area (Å²) >= 11 is 0. The molecule has 1 amide bonds. The second-order valence-electron chi connectivity index (χ2n) is 5.25. The summed E-state index contributed by atoms with van der Waals surface area (Å²) in [4.78, 5) is 12.2. The predicted octanol–water partition coefficient (Wildman–Crippen LogP) is 4.45. The molecule has 3 aromatic rings. The Labute approximate surface area is 145 Å². The van der Waals surface area contributed by atoms with E-state index in [0.717, 1.165) is 0 Å². The van der Waals surface area contributed by atoms with Gasteiger partial charge in [0.25, 0.3) is 5.91 Å². The van der Waals surface area contributed by atoms with E-state index in [1.807, 2.05) is 24.3 Å². The molecule has 0 aliphatic rings. The van der Waals surface area contributed by atoms with Gasteiger partial charge in [0, 0.05) is 5.69 Å². The molecule has 0 aromatic heterocycles. The molecule has 0 unspecified atom stereocenters. The van der Waals surface area contributed by atoms with Gasteiger partial charge < -0.3 is 19.9 Å². The van der Waals surface area contributed by atoms with Crippen LogP contribution in [0.25, 0.3) is 0 Å². The van der Waals surface area contributed by atoms with Crippen molar-refractivity contribution in [3.05, 3.63) is 78.4 Å². The summed E-state index contributed by atoms with van der Waals surface area (Å²) in [7, 11) is 1.58. The third kappa shape index (κ3) is 3.90. The lowest BCUT2D eigenvalue weighted by Crippen LogP contribution is -2.11. The molecular formula is C20H17NO4. The Morgan fingerprint density at radius 1 is 0.880 bits per heavy atom. The third-order valence-electron chi connectivity index (χ3n) is 3.56. The molecule has 3 aromatic carbocycles. The van der Waals surface area contributed by atoms with Gasteiger partial charge in [0.15, 0.2) is 11.5 Å². The molecule has 0 heterocycles. The average molecular weight is 335 g/mol. The van der Waals surface area contributed by atoms with Crippen molar-refractivity contribution >= 4 is 11.6 Å². The molecule has 2 N–H and O–H groups in total. The number of aromatic hydroxyl groups is 1. The minimum Gasteiger partial charge on any atom is -0.507 e. The highest BCUT2D eigenvalue weighted by molar-refractivity contribution is 6.06. The Bertz CT molecular complexity index is 875. The normalized spacial score (nSPS) is 10.1. The summed E-state index contributed by atoms with van der Waals surface area (Å²) in [5, 5.41) is 12.5. The zero-order chi connectivity index (χ0) is 17.6. The molecule has 0 fully saturated rings. The van der Waals surface area contributed by atoms with Crippen molar-refractivity contribution in [3.8, 4) is 23.0 Å². The van der Waals surface area contributed by atoms with Crippen molar-refractivity contribution in [2.75, 3.05) is 12.4 Å². The van der Waals surface area contributed by atoms with Gasteiger partial charge in [0.1, 0.15) is 11.5 Å². The van der Waals surface area contributed by atoms with Crippen LogP contribution >= 0.6 is 0 Å². The monoisotopic (exact) mass is 335 g/mol. The van der Waals surface area contributed by atoms with Gasteiger partial charge in [0.05, 0.1) is 12.7 Å². The summed E-state index contributed by atoms with van der Waals surface area (Å²) in [6, 6.07) is 20.7. The van der Waals surface area contributed by atoms with Crippen LogP contribution < -0.4 is 14.8 Å². The van der Waals surface area contributed by atoms with Crippen LogP contribution in [-0.4, -0.2) is 18.1 Å². The Kier molecular flexibility index (Phi) is 4.85. The highest BCUT2D eigenvalue weighted by Gasteiger charge is 2.10. The molecule has 0 spiro atoms. The minimum atomic E-state index is -0.378. The van der Waals surface area contributed by atoms with Gasteiger partial charge in [-0.15, -0.1) is 0 Å². The average Bonchev–Trinajstić information content (AvgIpc) is 2.64. The topological polar surface area (TPSA) is 67.8 Å². The lowest BCUT2D eigenvalue weighted by molar-refractivity contribution is 0.102. The Hall–Kier alpha value is -3.47. The van der Waals surface area contributed by atoms with Crippen LogP contribution in [-0.2, 0) is 0 Å². The highest BCUT2D eigenvalue weighted by Crippen LogP contribution is 2.31. The number of hydrogen-bond donors (Lipinski definition) is 2. The van der Waals surface area contributed by atoms with E-state index in [1.165, 1.54) is 6.07 Å². The fraction of sp³-hybridized carbons (Fsp3) is 0.0500. The molecule has 3 rings (SSSR count). The van der Waals surface area contributed by atoms with Crippen molar-refractivity contribution in [3.63, 3.8) is 0 Å². The zero-order valence-corrected chi connectivity index (χ0v) is 13.6. The van der Waals surface area contributed by atoms with Gasteiger partial charge in [-0.1, -0.05) is 24.3 Å². The van der Waals surface area contributed by atoms with Gasteiger partial charge in [-0.25, -0.2) is 0 Å². The SMILES string of the molecule is COc1ccccc1Oc1ccc(NC(=O)c2ccccc2O)cc1. The predicted molar refractivity (Wildman–Crippen MR) is 95.6 cm³/mol. The Morgan fingerprint density at radius 3 is 2.20 bits per heavy atom. The standard InChI is InChI=1S/C20H17NO4/c1-24-18-8-4-5-9-19(18)25-15-12-10-14(11-13-15)21-20(23)16-6-2-3-7-17(16)22/h2-13,22H,1H3,(H,21,23). The van der Waals surface area contributed by atoms with Crippen LogP contribution in [0.1, 0.15) is 10.4 Å². The number of methoxy groups -OCH3 is 1. The molecule has 25 heavy (non-hydrogen) atoms. The molecule has 5 heteroatoms. The fourth-order valence-electron chi connectivity index (χ4n) is 2.30. The van der Waals surface area contributed by atoms with Crippen LogP contribution in [0.3, 0.4) is 0 Å². The van der Waals surface area contributed by atoms with Crippen molar-refractivity contribution in [1.29, 1.82) is 0 Å². The van der Waals surface area contributed by atoms with E-state index in [1.54, 1.807) is 49.6 Å². The van der Waals surface area contributed by atoms with Crippen molar-refractivity contribution in [2.45, 2.75) is 0 Å². The Morgan fingerprint density at radius 2 is 1.52 bits per heavy atom. The van der Waals surface area contributed by atoms with E-state index in [-0.39, 0.29) is 17.2 Å². The van der Waals surface area contributed by atoms with Crippen molar-refractivity contribution in [1.82, 2.24) is 0 Å². The first-order valence-corrected chi connectivity index (χ1v) is 7.67. The summed E-state index contributed by atoms with van der Waals surface area (Å²) in [5.74, 6) is 1.42. The molecule has 126 valence electrons. The van der Waals surface area contributed by atoms with Gasteiger partial charge >= 0.3 is 0 Å². The molecule has 0 atom stereocenters. The largest absolute Gasteiger partial charge is 0.507 e. The first-order valence-electron chi connectivity index (χ1n) is 7.67. The second-order valence-corrected chi connectivity index (χ2v) is 5.25. The Balaban J connectivity index is 1.70. The van der Waals surface area contributed by atoms with E-state index in [9.17, 15) is 9.90 Å². The van der Waals surface area contributed by atoms with E-state index < -0.39 is 0 Å². The fourth-order valence-corrected chi connectivity index (χ4v) is 2.30. The smallest absolute Gasteiger partial charge is 0.259 e. The van der Waals surface area contributed by atoms with E-state index in [4.69, 9.17) is 9.47 Å². The minimum absolute atomic E-state index is 0.0591. The van der Waals surface area contributed by atoms with E-state index in [0.29, 0.717) is 22.9 Å². The number of carbonyl (C=O) groups excluding carboxylic acids is 1. The molecule has 0 aliphatic carbocycles. The summed E-state index contributed by atoms with van der Waals surface area (Å²) in [5.41, 5.74) is 0.817. The van der Waals surface area contributed by atoms with Crippen LogP contribution in [0.2, 0.25) is 0 Å². The van der Waals surface area contributed by atoms with Crippen LogP contribution in [0.5, 0.6) is 23.0 Å². The zero-order valence-electron chi connectivity index (χ0n) is 13.6. The third-order valence-corrected chi connectivity index (χ3v) is 3.56. The number of hydrogen-bond acceptors (Lipinski definition) is 4. The molecule has 0 saturated carbocycles. The van der Waals surface area contributed by atoms with Gasteiger partial charge in [-0.05, 0) is 48.5 Å². The molecule has 0 radical (unpaired) electrons. The number of ether oxygens (including phenoxy) is 2. The summed E-state index contributed by atoms with van der Waals surface area (Å²) in [6.45, 7) is 0. The quantitative estimate of drug-likeness (QED) is 0.723. The first kappa shape index (κ1) is 16.4. The second kappa shape index (κ2) is 7.40. The highest BCUT2D eigenvalue weighted by atomic mass is 16.5. The molecule has 5 nitrogen and oxygen atoms in total. The first-order chi connectivity index (χ1) is 12.2. The van der Waals surface area contributed by atoms with Gasteiger partial charge in [-0.3, -0.25) is 4.79 Å². The number of phenolic OH excluding ortho intramolecular Hbond substituents is 1. The lowest BCUT2D eigenvalue weighted by Gasteiger charge is -2.11. The maximum absolute atomic E-state index is 12.2. The van der Waals surface area contributed by atoms with Gasteiger partial charge in [0.2, 0.25) is 0 Å². The van der Waals surface area contributed by atoms with E-state index >= 15 is 0 Å². The van der Waals surface area contributed by atoms with Gasteiger partial charge in [-0.2, -0.15) is 0 Å². The molecular weight excluding hydrogens is 318 g/mol. The summed E-state index contributed by atoms with van der Waals surface area (Å²) < 4.78 is 11.0. The number of amides is 1. The molecule has 0 saturated heterocycles. The number of phenols is 1. The number of carbonyl (C=O) groups is 1. The number of benzene rings is 3. The maximum Gasteiger partial charge on any atom is 0.259 e. The number of nitrogens with one attached hydrogen (secondary N) is 1. The summed E-state index contributed by atoms with van der Waals surface area (Å²) in [6.07, 6.45) is 0. The number of anilines is 1. The van der Waals surface area contributed by atoms with Crippen LogP contribution in [0, 0.1) is 0 Å². The number of para-hydroxylation sites is 3. The van der Waals surface area contributed by atoms with Crippen LogP contribution in [0.4, 0.5) is 5.69 Å². The van der Waals surface area contributed by atoms with Crippen molar-refractivity contribution in [2.24, 2.45) is 0 Å². The lowest BCUT2D eigenvalue weighted by atomic mass is 10.2. The molecule has 0 aliphatic heterocycles. The maximum atomic E-state index is 12.2. The molecule has 0 bridgehead atoms. The number of rotatable bonds is 5. The van der Waals surface area contributed by atoms with E-state index in [2.05, 4.69) is 5.32 Å². The van der Waals surface area contributed by atoms with Crippen LogP contribution in [0.15, 0.2) is 72.8 Å².